The van der Waals surface area contributed by atoms with Gasteiger partial charge in [-0.2, -0.15) is 0 Å². The third-order valence-corrected chi connectivity index (χ3v) is 5.85. The molecule has 1 fully saturated rings. The molecule has 1 N–H and O–H groups in total. The Balaban J connectivity index is 2.36. The first kappa shape index (κ1) is 12.9. The maximum absolute atomic E-state index is 12.5. The van der Waals surface area contributed by atoms with Crippen LogP contribution in [0.25, 0.3) is 0 Å². The number of sulfone groups is 1. The molecule has 0 radical (unpaired) electrons. The van der Waals surface area contributed by atoms with Gasteiger partial charge in [-0.15, -0.1) is 0 Å². The second-order valence-electron chi connectivity index (χ2n) is 4.37. The Morgan fingerprint density at radius 1 is 1.35 bits per heavy atom. The molecule has 2 unspecified atom stereocenters. The third kappa shape index (κ3) is 2.49. The van der Waals surface area contributed by atoms with Crippen LogP contribution in [0.4, 0.5) is 0 Å². The molecule has 1 aliphatic carbocycles. The van der Waals surface area contributed by atoms with Gasteiger partial charge in [-0.1, -0.05) is 24.1 Å². The molecular formula is C12H16ClNO2S. The molecule has 0 amide bonds. The SMILES string of the molecule is CNC1CCCC1S(=O)(=O)c1cccc(Cl)c1. The lowest BCUT2D eigenvalue weighted by atomic mass is 10.2. The van der Waals surface area contributed by atoms with Gasteiger partial charge in [-0.3, -0.25) is 0 Å². The fraction of sp³-hybridized carbons (Fsp3) is 0.500. The van der Waals surface area contributed by atoms with E-state index in [1.54, 1.807) is 18.2 Å². The summed E-state index contributed by atoms with van der Waals surface area (Å²) >= 11 is 5.85. The fourth-order valence-electron chi connectivity index (χ4n) is 2.45. The first-order valence-corrected chi connectivity index (χ1v) is 7.65. The summed E-state index contributed by atoms with van der Waals surface area (Å²) in [7, 11) is -1.45. The van der Waals surface area contributed by atoms with E-state index in [4.69, 9.17) is 11.6 Å². The van der Waals surface area contributed by atoms with E-state index in [1.807, 2.05) is 7.05 Å². The third-order valence-electron chi connectivity index (χ3n) is 3.35. The molecule has 0 aromatic heterocycles. The van der Waals surface area contributed by atoms with Crippen LogP contribution in [-0.4, -0.2) is 26.8 Å². The molecule has 0 heterocycles. The summed E-state index contributed by atoms with van der Waals surface area (Å²) in [6, 6.07) is 6.57. The highest BCUT2D eigenvalue weighted by Gasteiger charge is 2.37. The molecule has 1 aliphatic rings. The van der Waals surface area contributed by atoms with Crippen LogP contribution in [0.2, 0.25) is 5.02 Å². The Morgan fingerprint density at radius 3 is 2.76 bits per heavy atom. The van der Waals surface area contributed by atoms with Crippen molar-refractivity contribution in [1.82, 2.24) is 5.32 Å². The molecule has 1 aromatic carbocycles. The van der Waals surface area contributed by atoms with E-state index in [0.29, 0.717) is 9.92 Å². The maximum Gasteiger partial charge on any atom is 0.182 e. The molecule has 1 saturated carbocycles. The highest BCUT2D eigenvalue weighted by atomic mass is 35.5. The van der Waals surface area contributed by atoms with Crippen LogP contribution >= 0.6 is 11.6 Å². The Kier molecular flexibility index (Phi) is 3.76. The molecule has 17 heavy (non-hydrogen) atoms. The van der Waals surface area contributed by atoms with Crippen LogP contribution in [0, 0.1) is 0 Å². The van der Waals surface area contributed by atoms with Crippen molar-refractivity contribution in [2.75, 3.05) is 7.05 Å². The largest absolute Gasteiger partial charge is 0.316 e. The zero-order chi connectivity index (χ0) is 12.5. The van der Waals surface area contributed by atoms with Crippen LogP contribution in [0.3, 0.4) is 0 Å². The lowest BCUT2D eigenvalue weighted by Crippen LogP contribution is -2.38. The van der Waals surface area contributed by atoms with Crippen LogP contribution in [0.1, 0.15) is 19.3 Å². The van der Waals surface area contributed by atoms with Crippen molar-refractivity contribution >= 4 is 21.4 Å². The van der Waals surface area contributed by atoms with E-state index >= 15 is 0 Å². The lowest BCUT2D eigenvalue weighted by Gasteiger charge is -2.19. The zero-order valence-corrected chi connectivity index (χ0v) is 11.3. The predicted octanol–water partition coefficient (Wildman–Crippen LogP) is 2.25. The number of rotatable bonds is 3. The fourth-order valence-corrected chi connectivity index (χ4v) is 4.79. The topological polar surface area (TPSA) is 46.2 Å². The van der Waals surface area contributed by atoms with Crippen molar-refractivity contribution < 1.29 is 8.42 Å². The average molecular weight is 274 g/mol. The summed E-state index contributed by atoms with van der Waals surface area (Å²) < 4.78 is 24.9. The van der Waals surface area contributed by atoms with E-state index in [2.05, 4.69) is 5.32 Å². The molecule has 2 rings (SSSR count). The summed E-state index contributed by atoms with van der Waals surface area (Å²) in [6.07, 6.45) is 2.59. The van der Waals surface area contributed by atoms with Crippen molar-refractivity contribution in [3.63, 3.8) is 0 Å². The quantitative estimate of drug-likeness (QED) is 0.919. The van der Waals surface area contributed by atoms with Gasteiger partial charge in [0.2, 0.25) is 0 Å². The number of halogens is 1. The Morgan fingerprint density at radius 2 is 2.12 bits per heavy atom. The summed E-state index contributed by atoms with van der Waals surface area (Å²) in [5.74, 6) is 0. The second kappa shape index (κ2) is 4.96. The molecule has 0 saturated heterocycles. The Bertz CT molecular complexity index is 501. The molecule has 2 atom stereocenters. The summed E-state index contributed by atoms with van der Waals surface area (Å²) in [5.41, 5.74) is 0. The van der Waals surface area contributed by atoms with Gasteiger partial charge in [0.05, 0.1) is 10.1 Å². The first-order valence-electron chi connectivity index (χ1n) is 5.72. The van der Waals surface area contributed by atoms with E-state index in [1.165, 1.54) is 6.07 Å². The lowest BCUT2D eigenvalue weighted by molar-refractivity contribution is 0.538. The van der Waals surface area contributed by atoms with E-state index in [-0.39, 0.29) is 11.3 Å². The highest BCUT2D eigenvalue weighted by Crippen LogP contribution is 2.30. The van der Waals surface area contributed by atoms with Crippen molar-refractivity contribution in [3.05, 3.63) is 29.3 Å². The molecule has 94 valence electrons. The monoisotopic (exact) mass is 273 g/mol. The van der Waals surface area contributed by atoms with Gasteiger partial charge < -0.3 is 5.32 Å². The van der Waals surface area contributed by atoms with Gasteiger partial charge in [0.15, 0.2) is 9.84 Å². The molecule has 3 nitrogen and oxygen atoms in total. The minimum atomic E-state index is -3.27. The van der Waals surface area contributed by atoms with Crippen molar-refractivity contribution in [1.29, 1.82) is 0 Å². The molecular weight excluding hydrogens is 258 g/mol. The first-order chi connectivity index (χ1) is 8.05. The molecule has 0 bridgehead atoms. The van der Waals surface area contributed by atoms with E-state index in [9.17, 15) is 8.42 Å². The average Bonchev–Trinajstić information content (AvgIpc) is 2.77. The summed E-state index contributed by atoms with van der Waals surface area (Å²) in [4.78, 5) is 0.331. The van der Waals surface area contributed by atoms with E-state index in [0.717, 1.165) is 19.3 Å². The van der Waals surface area contributed by atoms with Crippen LogP contribution in [0.5, 0.6) is 0 Å². The van der Waals surface area contributed by atoms with E-state index < -0.39 is 9.84 Å². The molecule has 0 spiro atoms. The van der Waals surface area contributed by atoms with Gasteiger partial charge in [0.1, 0.15) is 0 Å². The standard InChI is InChI=1S/C12H16ClNO2S/c1-14-11-6-3-7-12(11)17(15,16)10-5-2-4-9(13)8-10/h2,4-5,8,11-12,14H,3,6-7H2,1H3. The normalized spacial score (nSPS) is 25.1. The predicted molar refractivity (Wildman–Crippen MR) is 69.1 cm³/mol. The number of hydrogen-bond acceptors (Lipinski definition) is 3. The summed E-state index contributed by atoms with van der Waals surface area (Å²) in [5, 5.41) is 3.23. The minimum Gasteiger partial charge on any atom is -0.316 e. The van der Waals surface area contributed by atoms with Gasteiger partial charge in [-0.05, 0) is 38.1 Å². The van der Waals surface area contributed by atoms with Crippen molar-refractivity contribution in [2.24, 2.45) is 0 Å². The smallest absolute Gasteiger partial charge is 0.182 e. The Labute approximate surface area is 107 Å². The molecule has 0 aliphatic heterocycles. The number of benzene rings is 1. The van der Waals surface area contributed by atoms with Crippen LogP contribution in [-0.2, 0) is 9.84 Å². The van der Waals surface area contributed by atoms with Crippen molar-refractivity contribution in [3.8, 4) is 0 Å². The second-order valence-corrected chi connectivity index (χ2v) is 6.97. The van der Waals surface area contributed by atoms with Gasteiger partial charge in [-0.25, -0.2) is 8.42 Å². The zero-order valence-electron chi connectivity index (χ0n) is 9.69. The molecule has 1 aromatic rings. The summed E-state index contributed by atoms with van der Waals surface area (Å²) in [6.45, 7) is 0. The maximum atomic E-state index is 12.5. The van der Waals surface area contributed by atoms with Gasteiger partial charge in [0.25, 0.3) is 0 Å². The van der Waals surface area contributed by atoms with Gasteiger partial charge >= 0.3 is 0 Å². The van der Waals surface area contributed by atoms with Crippen LogP contribution in [0.15, 0.2) is 29.2 Å². The number of nitrogens with one attached hydrogen (secondary N) is 1. The Hall–Kier alpha value is -0.580. The number of hydrogen-bond donors (Lipinski definition) is 1. The van der Waals surface area contributed by atoms with Gasteiger partial charge in [0, 0.05) is 11.1 Å². The van der Waals surface area contributed by atoms with Crippen molar-refractivity contribution in [2.45, 2.75) is 35.4 Å². The molecule has 5 heteroatoms. The minimum absolute atomic E-state index is 0.0546. The highest BCUT2D eigenvalue weighted by molar-refractivity contribution is 7.92. The van der Waals surface area contributed by atoms with Crippen LogP contribution < -0.4 is 5.32 Å².